The number of H-pyrrole nitrogens is 1. The molecule has 7 heteroatoms. The van der Waals surface area contributed by atoms with Gasteiger partial charge in [-0.25, -0.2) is 4.98 Å². The molecule has 0 spiro atoms. The van der Waals surface area contributed by atoms with Crippen LogP contribution in [0.25, 0.3) is 0 Å². The molecule has 1 atom stereocenters. The van der Waals surface area contributed by atoms with Crippen molar-refractivity contribution < 1.29 is 9.72 Å². The van der Waals surface area contributed by atoms with Gasteiger partial charge in [0.05, 0.1) is 0 Å². The third-order valence-corrected chi connectivity index (χ3v) is 2.53. The number of nitro groups is 1. The van der Waals surface area contributed by atoms with E-state index >= 15 is 0 Å². The van der Waals surface area contributed by atoms with Gasteiger partial charge in [0.25, 0.3) is 5.91 Å². The predicted molar refractivity (Wildman–Crippen MR) is 64.3 cm³/mol. The van der Waals surface area contributed by atoms with Gasteiger partial charge in [-0.2, -0.15) is 0 Å². The summed E-state index contributed by atoms with van der Waals surface area (Å²) in [5.41, 5.74) is 0.189. The number of nitrogens with one attached hydrogen (secondary N) is 2. The first kappa shape index (κ1) is 13.5. The average Bonchev–Trinajstić information content (AvgIpc) is 2.75. The van der Waals surface area contributed by atoms with E-state index in [0.29, 0.717) is 5.88 Å². The maximum Gasteiger partial charge on any atom is 0.321 e. The smallest absolute Gasteiger partial charge is 0.321 e. The van der Waals surface area contributed by atoms with Gasteiger partial charge in [0.2, 0.25) is 0 Å². The molecule has 0 aliphatic heterocycles. The minimum atomic E-state index is -0.576. The fraction of sp³-hybridized carbons (Fsp3) is 0.500. The number of carbonyl (C=O) groups excluding carboxylic acids is 1. The molecular weight excluding hydrogens is 246 g/mol. The lowest BCUT2D eigenvalue weighted by Gasteiger charge is -2.11. The van der Waals surface area contributed by atoms with Crippen LogP contribution in [0.4, 0.5) is 5.82 Å². The SMILES string of the molecule is CC(CCCCl)NC(=O)c1ccc([N+](=O)[O-])[nH]1. The number of amides is 1. The van der Waals surface area contributed by atoms with E-state index < -0.39 is 4.92 Å². The molecule has 1 rings (SSSR count). The normalized spacial score (nSPS) is 12.1. The van der Waals surface area contributed by atoms with Gasteiger partial charge in [-0.15, -0.1) is 11.6 Å². The van der Waals surface area contributed by atoms with Crippen molar-refractivity contribution in [3.63, 3.8) is 0 Å². The number of carbonyl (C=O) groups is 1. The van der Waals surface area contributed by atoms with E-state index in [0.717, 1.165) is 12.8 Å². The summed E-state index contributed by atoms with van der Waals surface area (Å²) >= 11 is 5.54. The second-order valence-corrected chi connectivity index (χ2v) is 4.10. The van der Waals surface area contributed by atoms with Crippen molar-refractivity contribution in [2.45, 2.75) is 25.8 Å². The molecule has 1 aromatic heterocycles. The molecule has 1 unspecified atom stereocenters. The van der Waals surface area contributed by atoms with Crippen molar-refractivity contribution in [1.82, 2.24) is 10.3 Å². The van der Waals surface area contributed by atoms with Gasteiger partial charge in [-0.1, -0.05) is 0 Å². The fourth-order valence-electron chi connectivity index (χ4n) is 1.38. The number of rotatable bonds is 6. The van der Waals surface area contributed by atoms with Crippen LogP contribution in [-0.2, 0) is 0 Å². The summed E-state index contributed by atoms with van der Waals surface area (Å²) in [4.78, 5) is 23.9. The molecule has 0 aromatic carbocycles. The largest absolute Gasteiger partial charge is 0.358 e. The van der Waals surface area contributed by atoms with Gasteiger partial charge in [0.15, 0.2) is 5.69 Å². The molecule has 0 bridgehead atoms. The zero-order valence-electron chi connectivity index (χ0n) is 9.40. The minimum absolute atomic E-state index is 0.0105. The molecular formula is C10H14ClN3O3. The van der Waals surface area contributed by atoms with Crippen LogP contribution >= 0.6 is 11.6 Å². The van der Waals surface area contributed by atoms with Crippen LogP contribution in [0.5, 0.6) is 0 Å². The number of nitrogens with zero attached hydrogens (tertiary/aromatic N) is 1. The van der Waals surface area contributed by atoms with Gasteiger partial charge in [0, 0.05) is 18.0 Å². The molecule has 0 fully saturated rings. The lowest BCUT2D eigenvalue weighted by atomic mass is 10.2. The average molecular weight is 260 g/mol. The summed E-state index contributed by atoms with van der Waals surface area (Å²) in [6, 6.07) is 2.64. The van der Waals surface area contributed by atoms with E-state index in [9.17, 15) is 14.9 Å². The van der Waals surface area contributed by atoms with Gasteiger partial charge in [-0.05, 0) is 30.8 Å². The second kappa shape index (κ2) is 6.24. The fourth-order valence-corrected chi connectivity index (χ4v) is 1.53. The highest BCUT2D eigenvalue weighted by atomic mass is 35.5. The molecule has 0 aliphatic carbocycles. The van der Waals surface area contributed by atoms with E-state index in [2.05, 4.69) is 10.3 Å². The first-order chi connectivity index (χ1) is 8.04. The number of alkyl halides is 1. The molecule has 0 aliphatic rings. The highest BCUT2D eigenvalue weighted by Gasteiger charge is 2.16. The third-order valence-electron chi connectivity index (χ3n) is 2.26. The predicted octanol–water partition coefficient (Wildman–Crippen LogP) is 2.06. The number of hydrogen-bond donors (Lipinski definition) is 2. The van der Waals surface area contributed by atoms with Gasteiger partial charge >= 0.3 is 5.82 Å². The lowest BCUT2D eigenvalue weighted by Crippen LogP contribution is -2.32. The van der Waals surface area contributed by atoms with Gasteiger partial charge < -0.3 is 15.4 Å². The summed E-state index contributed by atoms with van der Waals surface area (Å²) in [7, 11) is 0. The summed E-state index contributed by atoms with van der Waals surface area (Å²) in [5, 5.41) is 13.2. The topological polar surface area (TPSA) is 88.0 Å². The zero-order chi connectivity index (χ0) is 12.8. The Morgan fingerprint density at radius 1 is 1.65 bits per heavy atom. The quantitative estimate of drug-likeness (QED) is 0.466. The molecule has 1 heterocycles. The molecule has 0 saturated heterocycles. The molecule has 17 heavy (non-hydrogen) atoms. The van der Waals surface area contributed by atoms with E-state index in [-0.39, 0.29) is 23.5 Å². The lowest BCUT2D eigenvalue weighted by molar-refractivity contribution is -0.389. The van der Waals surface area contributed by atoms with Crippen LogP contribution in [0.2, 0.25) is 0 Å². The van der Waals surface area contributed by atoms with E-state index in [1.54, 1.807) is 0 Å². The van der Waals surface area contributed by atoms with Crippen molar-refractivity contribution in [2.75, 3.05) is 5.88 Å². The Morgan fingerprint density at radius 3 is 2.88 bits per heavy atom. The number of aromatic nitrogens is 1. The molecule has 94 valence electrons. The van der Waals surface area contributed by atoms with Crippen molar-refractivity contribution in [3.8, 4) is 0 Å². The first-order valence-corrected chi connectivity index (χ1v) is 5.78. The molecule has 2 N–H and O–H groups in total. The third kappa shape index (κ3) is 4.07. The number of hydrogen-bond acceptors (Lipinski definition) is 3. The van der Waals surface area contributed by atoms with Gasteiger partial charge in [0.1, 0.15) is 0 Å². The second-order valence-electron chi connectivity index (χ2n) is 3.72. The Balaban J connectivity index is 2.54. The molecule has 0 saturated carbocycles. The molecule has 1 aromatic rings. The monoisotopic (exact) mass is 259 g/mol. The van der Waals surface area contributed by atoms with Crippen LogP contribution < -0.4 is 5.32 Å². The Kier molecular flexibility index (Phi) is 4.96. The minimum Gasteiger partial charge on any atom is -0.358 e. The summed E-state index contributed by atoms with van der Waals surface area (Å²) < 4.78 is 0. The number of aromatic amines is 1. The summed E-state index contributed by atoms with van der Waals surface area (Å²) in [5.74, 6) is 0.0116. The Hall–Kier alpha value is -1.56. The number of halogens is 1. The maximum atomic E-state index is 11.7. The van der Waals surface area contributed by atoms with Gasteiger partial charge in [-0.3, -0.25) is 4.79 Å². The van der Waals surface area contributed by atoms with Crippen LogP contribution in [0.3, 0.4) is 0 Å². The van der Waals surface area contributed by atoms with Crippen molar-refractivity contribution >= 4 is 23.3 Å². The summed E-state index contributed by atoms with van der Waals surface area (Å²) in [6.07, 6.45) is 1.59. The Morgan fingerprint density at radius 2 is 2.35 bits per heavy atom. The molecule has 6 nitrogen and oxygen atoms in total. The van der Waals surface area contributed by atoms with Crippen molar-refractivity contribution in [1.29, 1.82) is 0 Å². The van der Waals surface area contributed by atoms with Crippen LogP contribution in [-0.4, -0.2) is 27.7 Å². The van der Waals surface area contributed by atoms with Crippen LogP contribution in [0.1, 0.15) is 30.3 Å². The maximum absolute atomic E-state index is 11.7. The Labute approximate surface area is 103 Å². The Bertz CT molecular complexity index is 405. The van der Waals surface area contributed by atoms with E-state index in [4.69, 9.17) is 11.6 Å². The van der Waals surface area contributed by atoms with Crippen LogP contribution in [0.15, 0.2) is 12.1 Å². The van der Waals surface area contributed by atoms with Crippen LogP contribution in [0, 0.1) is 10.1 Å². The van der Waals surface area contributed by atoms with E-state index in [1.165, 1.54) is 12.1 Å². The zero-order valence-corrected chi connectivity index (χ0v) is 10.2. The summed E-state index contributed by atoms with van der Waals surface area (Å²) in [6.45, 7) is 1.86. The van der Waals surface area contributed by atoms with E-state index in [1.807, 2.05) is 6.92 Å². The van der Waals surface area contributed by atoms with Crippen molar-refractivity contribution in [2.24, 2.45) is 0 Å². The molecule has 0 radical (unpaired) electrons. The standard InChI is InChI=1S/C10H14ClN3O3/c1-7(3-2-6-11)12-10(15)8-4-5-9(13-8)14(16)17/h4-5,7,13H,2-3,6H2,1H3,(H,12,15). The highest BCUT2D eigenvalue weighted by Crippen LogP contribution is 2.10. The highest BCUT2D eigenvalue weighted by molar-refractivity contribution is 6.17. The first-order valence-electron chi connectivity index (χ1n) is 5.25. The molecule has 1 amide bonds. The van der Waals surface area contributed by atoms with Crippen molar-refractivity contribution in [3.05, 3.63) is 27.9 Å².